The maximum absolute atomic E-state index is 13.0. The molecule has 2 aromatic carbocycles. The van der Waals surface area contributed by atoms with Crippen LogP contribution >= 0.6 is 11.3 Å². The van der Waals surface area contributed by atoms with Crippen molar-refractivity contribution in [3.05, 3.63) is 66.2 Å². The molecule has 5 rings (SSSR count). The average Bonchev–Trinajstić information content (AvgIpc) is 3.35. The SMILES string of the molecule is Fc1ccc(OCc2nnc3sc(-c4cc5ccccc5[nH]4)nn23)cc1. The van der Waals surface area contributed by atoms with E-state index in [0.29, 0.717) is 16.5 Å². The minimum atomic E-state index is -0.301. The van der Waals surface area contributed by atoms with Gasteiger partial charge < -0.3 is 9.72 Å². The fourth-order valence-electron chi connectivity index (χ4n) is 2.72. The molecule has 0 radical (unpaired) electrons. The van der Waals surface area contributed by atoms with Crippen molar-refractivity contribution in [1.29, 1.82) is 0 Å². The van der Waals surface area contributed by atoms with Crippen molar-refractivity contribution < 1.29 is 9.13 Å². The molecule has 8 heteroatoms. The van der Waals surface area contributed by atoms with Gasteiger partial charge in [-0.05, 0) is 36.4 Å². The van der Waals surface area contributed by atoms with Gasteiger partial charge in [0.05, 0.1) is 5.69 Å². The van der Waals surface area contributed by atoms with Crippen LogP contribution in [0.25, 0.3) is 26.6 Å². The van der Waals surface area contributed by atoms with Crippen molar-refractivity contribution in [2.45, 2.75) is 6.61 Å². The molecule has 128 valence electrons. The summed E-state index contributed by atoms with van der Waals surface area (Å²) in [5, 5.41) is 14.8. The summed E-state index contributed by atoms with van der Waals surface area (Å²) in [6, 6.07) is 16.0. The van der Waals surface area contributed by atoms with Crippen molar-refractivity contribution in [1.82, 2.24) is 24.8 Å². The highest BCUT2D eigenvalue weighted by Crippen LogP contribution is 2.28. The molecule has 3 heterocycles. The Bertz CT molecular complexity index is 1170. The number of aromatic nitrogens is 5. The second-order valence-corrected chi connectivity index (χ2v) is 6.69. The summed E-state index contributed by atoms with van der Waals surface area (Å²) < 4.78 is 20.3. The first-order chi connectivity index (χ1) is 12.8. The van der Waals surface area contributed by atoms with Gasteiger partial charge >= 0.3 is 0 Å². The number of nitrogens with zero attached hydrogens (tertiary/aromatic N) is 4. The van der Waals surface area contributed by atoms with E-state index in [1.807, 2.05) is 18.2 Å². The highest BCUT2D eigenvalue weighted by Gasteiger charge is 2.15. The van der Waals surface area contributed by atoms with Gasteiger partial charge in [-0.25, -0.2) is 4.39 Å². The molecule has 0 atom stereocenters. The Labute approximate surface area is 150 Å². The van der Waals surface area contributed by atoms with Gasteiger partial charge in [0, 0.05) is 10.9 Å². The van der Waals surface area contributed by atoms with Gasteiger partial charge in [-0.2, -0.15) is 9.61 Å². The fraction of sp³-hybridized carbons (Fsp3) is 0.0556. The lowest BCUT2D eigenvalue weighted by atomic mass is 10.2. The summed E-state index contributed by atoms with van der Waals surface area (Å²) in [7, 11) is 0. The highest BCUT2D eigenvalue weighted by molar-refractivity contribution is 7.19. The molecule has 0 saturated heterocycles. The van der Waals surface area contributed by atoms with Gasteiger partial charge in [0.15, 0.2) is 10.8 Å². The summed E-state index contributed by atoms with van der Waals surface area (Å²) >= 11 is 1.45. The predicted molar refractivity (Wildman–Crippen MR) is 96.7 cm³/mol. The summed E-state index contributed by atoms with van der Waals surface area (Å²) in [5.41, 5.74) is 2.00. The molecule has 0 saturated carbocycles. The largest absolute Gasteiger partial charge is 0.486 e. The van der Waals surface area contributed by atoms with Crippen LogP contribution in [-0.2, 0) is 6.61 Å². The normalized spacial score (nSPS) is 11.4. The molecule has 6 nitrogen and oxygen atoms in total. The number of hydrogen-bond acceptors (Lipinski definition) is 5. The molecule has 0 aliphatic heterocycles. The monoisotopic (exact) mass is 365 g/mol. The predicted octanol–water partition coefficient (Wildman–Crippen LogP) is 4.05. The minimum Gasteiger partial charge on any atom is -0.486 e. The standard InChI is InChI=1S/C18H12FN5OS/c19-12-5-7-13(8-6-12)25-10-16-21-22-18-24(16)23-17(26-18)15-9-11-3-1-2-4-14(11)20-15/h1-9,20H,10H2. The number of para-hydroxylation sites is 1. The van der Waals surface area contributed by atoms with Crippen molar-refractivity contribution in [3.8, 4) is 16.5 Å². The second-order valence-electron chi connectivity index (χ2n) is 5.73. The maximum atomic E-state index is 13.0. The zero-order valence-corrected chi connectivity index (χ0v) is 14.2. The van der Waals surface area contributed by atoms with E-state index in [1.165, 1.54) is 23.5 Å². The van der Waals surface area contributed by atoms with E-state index in [4.69, 9.17) is 4.74 Å². The first kappa shape index (κ1) is 15.0. The van der Waals surface area contributed by atoms with Gasteiger partial charge in [-0.15, -0.1) is 10.2 Å². The van der Waals surface area contributed by atoms with Crippen molar-refractivity contribution in [2.75, 3.05) is 0 Å². The number of benzene rings is 2. The number of aromatic amines is 1. The Hall–Kier alpha value is -3.26. The fourth-order valence-corrected chi connectivity index (χ4v) is 3.55. The third kappa shape index (κ3) is 2.60. The van der Waals surface area contributed by atoms with Crippen molar-refractivity contribution in [3.63, 3.8) is 0 Å². The lowest BCUT2D eigenvalue weighted by Crippen LogP contribution is -2.02. The minimum absolute atomic E-state index is 0.197. The zero-order valence-electron chi connectivity index (χ0n) is 13.4. The van der Waals surface area contributed by atoms with Gasteiger partial charge in [0.2, 0.25) is 4.96 Å². The molecule has 0 aliphatic rings. The van der Waals surface area contributed by atoms with Gasteiger partial charge in [0.25, 0.3) is 0 Å². The van der Waals surface area contributed by atoms with E-state index in [2.05, 4.69) is 32.4 Å². The molecule has 5 aromatic rings. The zero-order chi connectivity index (χ0) is 17.5. The van der Waals surface area contributed by atoms with Crippen molar-refractivity contribution >= 4 is 27.2 Å². The Kier molecular flexibility index (Phi) is 3.42. The van der Waals surface area contributed by atoms with Crippen LogP contribution < -0.4 is 4.74 Å². The molecule has 0 fully saturated rings. The quantitative estimate of drug-likeness (QED) is 0.522. The molecule has 0 unspecified atom stereocenters. The summed E-state index contributed by atoms with van der Waals surface area (Å²) in [4.78, 5) is 4.06. The lowest BCUT2D eigenvalue weighted by molar-refractivity contribution is 0.292. The number of fused-ring (bicyclic) bond motifs is 2. The van der Waals surface area contributed by atoms with E-state index in [1.54, 1.807) is 16.6 Å². The maximum Gasteiger partial charge on any atom is 0.235 e. The number of H-pyrrole nitrogens is 1. The third-order valence-corrected chi connectivity index (χ3v) is 4.93. The average molecular weight is 365 g/mol. The topological polar surface area (TPSA) is 68.1 Å². The molecule has 26 heavy (non-hydrogen) atoms. The van der Waals surface area contributed by atoms with Crippen LogP contribution in [0.15, 0.2) is 54.6 Å². The Balaban J connectivity index is 1.44. The van der Waals surface area contributed by atoms with E-state index in [9.17, 15) is 4.39 Å². The van der Waals surface area contributed by atoms with Crippen LogP contribution in [-0.4, -0.2) is 24.8 Å². The number of hydrogen-bond donors (Lipinski definition) is 1. The first-order valence-electron chi connectivity index (χ1n) is 7.94. The molecule has 0 spiro atoms. The smallest absolute Gasteiger partial charge is 0.235 e. The Morgan fingerprint density at radius 1 is 1.08 bits per heavy atom. The van der Waals surface area contributed by atoms with Gasteiger partial charge in [0.1, 0.15) is 18.2 Å². The molecular weight excluding hydrogens is 353 g/mol. The number of rotatable bonds is 4. The van der Waals surface area contributed by atoms with E-state index in [0.717, 1.165) is 21.6 Å². The number of nitrogens with one attached hydrogen (secondary N) is 1. The number of halogens is 1. The molecule has 3 aromatic heterocycles. The van der Waals surface area contributed by atoms with Gasteiger partial charge in [-0.1, -0.05) is 29.5 Å². The van der Waals surface area contributed by atoms with Crippen LogP contribution in [0.3, 0.4) is 0 Å². The third-order valence-electron chi connectivity index (χ3n) is 4.00. The summed E-state index contributed by atoms with van der Waals surface area (Å²) in [6.07, 6.45) is 0. The van der Waals surface area contributed by atoms with Crippen molar-refractivity contribution in [2.24, 2.45) is 0 Å². The highest BCUT2D eigenvalue weighted by atomic mass is 32.1. The number of ether oxygens (including phenoxy) is 1. The Morgan fingerprint density at radius 2 is 1.92 bits per heavy atom. The molecule has 0 amide bonds. The van der Waals surface area contributed by atoms with E-state index < -0.39 is 0 Å². The van der Waals surface area contributed by atoms with Crippen LogP contribution in [0.1, 0.15) is 5.82 Å². The van der Waals surface area contributed by atoms with Gasteiger partial charge in [-0.3, -0.25) is 0 Å². The van der Waals surface area contributed by atoms with Crippen LogP contribution in [0.5, 0.6) is 5.75 Å². The molecule has 0 aliphatic carbocycles. The molecule has 0 bridgehead atoms. The summed E-state index contributed by atoms with van der Waals surface area (Å²) in [6.45, 7) is 0.197. The lowest BCUT2D eigenvalue weighted by Gasteiger charge is -2.03. The van der Waals surface area contributed by atoms with E-state index in [-0.39, 0.29) is 12.4 Å². The second kappa shape index (κ2) is 5.92. The summed E-state index contributed by atoms with van der Waals surface area (Å²) in [5.74, 6) is 0.849. The van der Waals surface area contributed by atoms with Crippen LogP contribution in [0.4, 0.5) is 4.39 Å². The molecular formula is C18H12FN5OS. The van der Waals surface area contributed by atoms with E-state index >= 15 is 0 Å². The van der Waals surface area contributed by atoms with Crippen LogP contribution in [0, 0.1) is 5.82 Å². The molecule has 1 N–H and O–H groups in total. The van der Waals surface area contributed by atoms with Crippen LogP contribution in [0.2, 0.25) is 0 Å². The first-order valence-corrected chi connectivity index (χ1v) is 8.75. The Morgan fingerprint density at radius 3 is 2.77 bits per heavy atom.